The van der Waals surface area contributed by atoms with Crippen molar-refractivity contribution in [3.63, 3.8) is 0 Å². The van der Waals surface area contributed by atoms with E-state index >= 15 is 0 Å². The second-order valence-electron chi connectivity index (χ2n) is 3.65. The second kappa shape index (κ2) is 5.45. The molecule has 0 bridgehead atoms. The Morgan fingerprint density at radius 1 is 1.67 bits per heavy atom. The molecule has 1 fully saturated rings. The molecule has 18 heavy (non-hydrogen) atoms. The molecule has 0 radical (unpaired) electrons. The summed E-state index contributed by atoms with van der Waals surface area (Å²) in [5.41, 5.74) is 0. The van der Waals surface area contributed by atoms with E-state index in [0.717, 1.165) is 11.3 Å². The topological polar surface area (TPSA) is 73.2 Å². The average Bonchev–Trinajstić information content (AvgIpc) is 2.70. The van der Waals surface area contributed by atoms with Gasteiger partial charge in [0.05, 0.1) is 14.9 Å². The highest BCUT2D eigenvalue weighted by Crippen LogP contribution is 2.36. The molecule has 9 heteroatoms. The van der Waals surface area contributed by atoms with Crippen LogP contribution in [0.2, 0.25) is 5.02 Å². The zero-order chi connectivity index (χ0) is 13.3. The van der Waals surface area contributed by atoms with Crippen molar-refractivity contribution in [3.8, 4) is 6.07 Å². The van der Waals surface area contributed by atoms with Crippen molar-refractivity contribution in [2.75, 3.05) is 19.6 Å². The van der Waals surface area contributed by atoms with Gasteiger partial charge in [-0.05, 0) is 22.0 Å². The van der Waals surface area contributed by atoms with Crippen LogP contribution in [0.15, 0.2) is 14.1 Å². The van der Waals surface area contributed by atoms with E-state index in [2.05, 4.69) is 21.2 Å². The van der Waals surface area contributed by atoms with Crippen LogP contribution in [0.3, 0.4) is 0 Å². The van der Waals surface area contributed by atoms with Crippen molar-refractivity contribution >= 4 is 48.9 Å². The first-order chi connectivity index (χ1) is 8.46. The highest BCUT2D eigenvalue weighted by atomic mass is 79.9. The molecular formula is C9H9BrClN3O2S2. The molecule has 1 unspecified atom stereocenters. The lowest BCUT2D eigenvalue weighted by atomic mass is 10.3. The average molecular weight is 371 g/mol. The fourth-order valence-corrected chi connectivity index (χ4v) is 5.72. The summed E-state index contributed by atoms with van der Waals surface area (Å²) < 4.78 is 26.8. The molecular weight excluding hydrogens is 362 g/mol. The quantitative estimate of drug-likeness (QED) is 0.859. The van der Waals surface area contributed by atoms with E-state index < -0.39 is 16.1 Å². The van der Waals surface area contributed by atoms with Gasteiger partial charge in [0, 0.05) is 19.6 Å². The molecule has 0 aromatic carbocycles. The second-order valence-corrected chi connectivity index (χ2v) is 8.55. The van der Waals surface area contributed by atoms with Crippen LogP contribution in [0.4, 0.5) is 0 Å². The summed E-state index contributed by atoms with van der Waals surface area (Å²) >= 11 is 10.1. The van der Waals surface area contributed by atoms with Crippen LogP contribution in [0.5, 0.6) is 0 Å². The highest BCUT2D eigenvalue weighted by molar-refractivity contribution is 9.11. The first kappa shape index (κ1) is 14.2. The van der Waals surface area contributed by atoms with E-state index in [1.807, 2.05) is 6.07 Å². The molecule has 2 heterocycles. The van der Waals surface area contributed by atoms with Gasteiger partial charge >= 0.3 is 0 Å². The Hall–Kier alpha value is -0.170. The number of hydrogen-bond donors (Lipinski definition) is 1. The predicted molar refractivity (Wildman–Crippen MR) is 73.2 cm³/mol. The predicted octanol–water partition coefficient (Wildman–Crippen LogP) is 1.65. The highest BCUT2D eigenvalue weighted by Gasteiger charge is 2.34. The SMILES string of the molecule is N#CC1CNCCN1S(=O)(=O)c1cc(Cl)c(Br)s1. The number of nitrogens with zero attached hydrogens (tertiary/aromatic N) is 2. The number of hydrogen-bond acceptors (Lipinski definition) is 5. The third-order valence-corrected chi connectivity index (χ3v) is 7.36. The zero-order valence-electron chi connectivity index (χ0n) is 9.06. The molecule has 5 nitrogen and oxygen atoms in total. The maximum absolute atomic E-state index is 12.4. The Kier molecular flexibility index (Phi) is 4.31. The van der Waals surface area contributed by atoms with Crippen LogP contribution < -0.4 is 5.32 Å². The molecule has 1 aromatic rings. The fourth-order valence-electron chi connectivity index (χ4n) is 1.65. The van der Waals surface area contributed by atoms with Crippen molar-refractivity contribution in [3.05, 3.63) is 14.9 Å². The van der Waals surface area contributed by atoms with Gasteiger partial charge in [0.1, 0.15) is 10.3 Å². The van der Waals surface area contributed by atoms with E-state index in [1.54, 1.807) is 0 Å². The summed E-state index contributed by atoms with van der Waals surface area (Å²) in [6, 6.07) is 2.72. The number of sulfonamides is 1. The van der Waals surface area contributed by atoms with E-state index in [4.69, 9.17) is 16.9 Å². The Morgan fingerprint density at radius 3 is 2.94 bits per heavy atom. The van der Waals surface area contributed by atoms with Gasteiger partial charge in [0.15, 0.2) is 0 Å². The van der Waals surface area contributed by atoms with Gasteiger partial charge in [-0.2, -0.15) is 9.57 Å². The standard InChI is InChI=1S/C9H9BrClN3O2S2/c10-9-7(11)3-8(17-9)18(15,16)14-2-1-13-5-6(14)4-12/h3,6,13H,1-2,5H2. The molecule has 0 amide bonds. The smallest absolute Gasteiger partial charge is 0.253 e. The van der Waals surface area contributed by atoms with Gasteiger partial charge in [-0.15, -0.1) is 11.3 Å². The van der Waals surface area contributed by atoms with Gasteiger partial charge in [-0.25, -0.2) is 8.42 Å². The minimum Gasteiger partial charge on any atom is -0.313 e. The molecule has 1 N–H and O–H groups in total. The number of nitriles is 1. The van der Waals surface area contributed by atoms with Crippen molar-refractivity contribution < 1.29 is 8.42 Å². The van der Waals surface area contributed by atoms with Crippen molar-refractivity contribution in [1.82, 2.24) is 9.62 Å². The van der Waals surface area contributed by atoms with Gasteiger partial charge in [0.2, 0.25) is 0 Å². The van der Waals surface area contributed by atoms with Crippen LogP contribution in [-0.2, 0) is 10.0 Å². The van der Waals surface area contributed by atoms with Crippen LogP contribution in [0.25, 0.3) is 0 Å². The molecule has 1 saturated heterocycles. The molecule has 0 spiro atoms. The number of rotatable bonds is 2. The minimum atomic E-state index is -3.65. The van der Waals surface area contributed by atoms with E-state index in [0.29, 0.717) is 21.9 Å². The van der Waals surface area contributed by atoms with Crippen molar-refractivity contribution in [2.45, 2.75) is 10.3 Å². The van der Waals surface area contributed by atoms with Crippen LogP contribution in [0.1, 0.15) is 0 Å². The Morgan fingerprint density at radius 2 is 2.39 bits per heavy atom. The van der Waals surface area contributed by atoms with E-state index in [9.17, 15) is 8.42 Å². The Bertz CT molecular complexity index is 576. The maximum atomic E-state index is 12.4. The molecule has 0 aliphatic carbocycles. The number of thiophene rings is 1. The minimum absolute atomic E-state index is 0.154. The summed E-state index contributed by atoms with van der Waals surface area (Å²) in [4.78, 5) is 0. The zero-order valence-corrected chi connectivity index (χ0v) is 13.0. The monoisotopic (exact) mass is 369 g/mol. The number of halogens is 2. The fraction of sp³-hybridized carbons (Fsp3) is 0.444. The third kappa shape index (κ3) is 2.57. The van der Waals surface area contributed by atoms with Crippen molar-refractivity contribution in [2.24, 2.45) is 0 Å². The molecule has 1 aliphatic rings. The molecule has 1 aromatic heterocycles. The van der Waals surface area contributed by atoms with Crippen LogP contribution in [-0.4, -0.2) is 38.4 Å². The molecule has 2 rings (SSSR count). The van der Waals surface area contributed by atoms with Crippen LogP contribution >= 0.6 is 38.9 Å². The lowest BCUT2D eigenvalue weighted by molar-refractivity contribution is 0.312. The molecule has 98 valence electrons. The largest absolute Gasteiger partial charge is 0.313 e. The molecule has 1 aliphatic heterocycles. The van der Waals surface area contributed by atoms with Gasteiger partial charge < -0.3 is 5.32 Å². The van der Waals surface area contributed by atoms with Gasteiger partial charge in [-0.3, -0.25) is 0 Å². The lowest BCUT2D eigenvalue weighted by Crippen LogP contribution is -2.52. The maximum Gasteiger partial charge on any atom is 0.253 e. The first-order valence-corrected chi connectivity index (χ1v) is 8.46. The number of piperazine rings is 1. The Labute approximate surface area is 123 Å². The summed E-state index contributed by atoms with van der Waals surface area (Å²) in [5, 5.41) is 12.4. The van der Waals surface area contributed by atoms with E-state index in [1.165, 1.54) is 10.4 Å². The Balaban J connectivity index is 2.38. The summed E-state index contributed by atoms with van der Waals surface area (Å²) in [7, 11) is -3.65. The normalized spacial score (nSPS) is 21.7. The van der Waals surface area contributed by atoms with E-state index in [-0.39, 0.29) is 10.8 Å². The summed E-state index contributed by atoms with van der Waals surface area (Å²) in [5.74, 6) is 0. The number of nitrogens with one attached hydrogen (secondary N) is 1. The van der Waals surface area contributed by atoms with Crippen molar-refractivity contribution in [1.29, 1.82) is 5.26 Å². The van der Waals surface area contributed by atoms with Crippen LogP contribution in [0, 0.1) is 11.3 Å². The molecule has 0 saturated carbocycles. The summed E-state index contributed by atoms with van der Waals surface area (Å²) in [6.45, 7) is 1.17. The lowest BCUT2D eigenvalue weighted by Gasteiger charge is -2.30. The third-order valence-electron chi connectivity index (χ3n) is 2.53. The van der Waals surface area contributed by atoms with Gasteiger partial charge in [0.25, 0.3) is 10.0 Å². The molecule has 1 atom stereocenters. The first-order valence-electron chi connectivity index (χ1n) is 5.04. The summed E-state index contributed by atoms with van der Waals surface area (Å²) in [6.07, 6.45) is 0. The van der Waals surface area contributed by atoms with Gasteiger partial charge in [-0.1, -0.05) is 11.6 Å².